The first-order valence-corrected chi connectivity index (χ1v) is 23.8. The number of hydrogen-bond donors (Lipinski definition) is 0. The van der Waals surface area contributed by atoms with Crippen molar-refractivity contribution in [3.8, 4) is 33.6 Å². The average molecular weight is 819 g/mol. The van der Waals surface area contributed by atoms with Crippen LogP contribution in [0.5, 0.6) is 0 Å². The van der Waals surface area contributed by atoms with Crippen molar-refractivity contribution in [3.05, 3.63) is 255 Å². The van der Waals surface area contributed by atoms with Crippen molar-refractivity contribution in [2.24, 2.45) is 0 Å². The summed E-state index contributed by atoms with van der Waals surface area (Å²) in [7, 11) is -2.86. The van der Waals surface area contributed by atoms with Crippen molar-refractivity contribution >= 4 is 72.4 Å². The Morgan fingerprint density at radius 3 is 1.33 bits per heavy atom. The van der Waals surface area contributed by atoms with Crippen LogP contribution in [0, 0.1) is 0 Å². The van der Waals surface area contributed by atoms with Gasteiger partial charge in [0.1, 0.15) is 0 Å². The van der Waals surface area contributed by atoms with E-state index in [4.69, 9.17) is 0 Å². The molecule has 2 heterocycles. The first-order chi connectivity index (χ1) is 31.3. The van der Waals surface area contributed by atoms with Gasteiger partial charge in [0.15, 0.2) is 8.07 Å². The summed E-state index contributed by atoms with van der Waals surface area (Å²) in [5, 5.41) is 10.5. The highest BCUT2D eigenvalue weighted by atomic mass is 28.3. The van der Waals surface area contributed by atoms with E-state index in [0.29, 0.717) is 0 Å². The van der Waals surface area contributed by atoms with Crippen LogP contribution in [0.25, 0.3) is 77.2 Å². The molecular formula is C60H42N2Si. The third-order valence-corrected chi connectivity index (χ3v) is 17.9. The minimum absolute atomic E-state index is 1.13. The highest BCUT2D eigenvalue weighted by Crippen LogP contribution is 2.38. The summed E-state index contributed by atoms with van der Waals surface area (Å²) in [6.07, 6.45) is 0. The molecule has 12 aromatic rings. The minimum Gasteiger partial charge on any atom is -0.309 e. The molecule has 10 aromatic carbocycles. The first kappa shape index (κ1) is 36.8. The topological polar surface area (TPSA) is 9.86 Å². The summed E-state index contributed by atoms with van der Waals surface area (Å²) < 4.78 is 4.96. The molecular weight excluding hydrogens is 777 g/mol. The molecule has 0 saturated carbocycles. The second kappa shape index (κ2) is 15.2. The number of nitrogens with zero attached hydrogens (tertiary/aromatic N) is 2. The molecule has 0 atom stereocenters. The van der Waals surface area contributed by atoms with Gasteiger partial charge in [-0.3, -0.25) is 0 Å². The van der Waals surface area contributed by atoms with Gasteiger partial charge in [0.2, 0.25) is 0 Å². The summed E-state index contributed by atoms with van der Waals surface area (Å²) in [6, 6.07) is 94.2. The molecule has 12 rings (SSSR count). The van der Waals surface area contributed by atoms with Crippen molar-refractivity contribution in [3.63, 3.8) is 0 Å². The molecule has 2 nitrogen and oxygen atoms in total. The number of benzene rings is 10. The standard InChI is InChI=1S/C60H42N2Si/c1-5-20-43(21-6-1)44-22-17-23-45(40-44)46-24-18-25-47(41-46)62-55-34-15-13-32-52(55)53-39-38-48(42-58(53)62)61-56-35-16-14-33-54(56)60-57(61)36-19-37-59(60)63(49-26-7-2-8-27-49,50-28-9-3-10-29-50)51-30-11-4-12-31-51/h1-42H. The van der Waals surface area contributed by atoms with Gasteiger partial charge in [-0.2, -0.15) is 0 Å². The smallest absolute Gasteiger partial charge is 0.180 e. The third kappa shape index (κ3) is 5.93. The van der Waals surface area contributed by atoms with Gasteiger partial charge >= 0.3 is 0 Å². The molecule has 0 aliphatic rings. The van der Waals surface area contributed by atoms with E-state index in [9.17, 15) is 0 Å². The van der Waals surface area contributed by atoms with Crippen molar-refractivity contribution in [2.45, 2.75) is 0 Å². The van der Waals surface area contributed by atoms with Gasteiger partial charge in [0, 0.05) is 32.9 Å². The predicted octanol–water partition coefficient (Wildman–Crippen LogP) is 12.6. The zero-order chi connectivity index (χ0) is 41.7. The molecule has 0 fully saturated rings. The molecule has 0 bridgehead atoms. The van der Waals surface area contributed by atoms with Gasteiger partial charge in [-0.25, -0.2) is 0 Å². The molecule has 0 unspecified atom stereocenters. The largest absolute Gasteiger partial charge is 0.309 e. The van der Waals surface area contributed by atoms with E-state index in [2.05, 4.69) is 264 Å². The van der Waals surface area contributed by atoms with E-state index in [1.54, 1.807) is 0 Å². The highest BCUT2D eigenvalue weighted by Gasteiger charge is 2.43. The lowest BCUT2D eigenvalue weighted by molar-refractivity contribution is 1.15. The molecule has 0 amide bonds. The predicted molar refractivity (Wildman–Crippen MR) is 270 cm³/mol. The van der Waals surface area contributed by atoms with Crippen molar-refractivity contribution < 1.29 is 0 Å². The fraction of sp³-hybridized carbons (Fsp3) is 0. The van der Waals surface area contributed by atoms with E-state index in [0.717, 1.165) is 11.4 Å². The maximum absolute atomic E-state index is 2.86. The molecule has 0 spiro atoms. The zero-order valence-electron chi connectivity index (χ0n) is 34.6. The average Bonchev–Trinajstić information content (AvgIpc) is 3.88. The Morgan fingerprint density at radius 1 is 0.254 bits per heavy atom. The van der Waals surface area contributed by atoms with Crippen molar-refractivity contribution in [2.75, 3.05) is 0 Å². The van der Waals surface area contributed by atoms with Crippen molar-refractivity contribution in [1.29, 1.82) is 0 Å². The fourth-order valence-corrected chi connectivity index (χ4v) is 15.3. The Kier molecular flexibility index (Phi) is 8.87. The van der Waals surface area contributed by atoms with Gasteiger partial charge in [-0.15, -0.1) is 0 Å². The van der Waals surface area contributed by atoms with E-state index in [-0.39, 0.29) is 0 Å². The normalized spacial score (nSPS) is 11.8. The summed E-state index contributed by atoms with van der Waals surface area (Å²) in [5.74, 6) is 0. The Hall–Kier alpha value is -7.98. The minimum atomic E-state index is -2.86. The molecule has 0 saturated heterocycles. The molecule has 2 aromatic heterocycles. The Labute approximate surface area is 368 Å². The van der Waals surface area contributed by atoms with Crippen LogP contribution >= 0.6 is 0 Å². The van der Waals surface area contributed by atoms with Gasteiger partial charge < -0.3 is 9.13 Å². The molecule has 3 heteroatoms. The van der Waals surface area contributed by atoms with Crippen LogP contribution in [-0.4, -0.2) is 17.2 Å². The maximum Gasteiger partial charge on any atom is 0.180 e. The van der Waals surface area contributed by atoms with Crippen LogP contribution in [0.2, 0.25) is 0 Å². The van der Waals surface area contributed by atoms with Crippen LogP contribution < -0.4 is 20.7 Å². The summed E-state index contributed by atoms with van der Waals surface area (Å²) in [4.78, 5) is 0. The van der Waals surface area contributed by atoms with Crippen LogP contribution in [0.3, 0.4) is 0 Å². The monoisotopic (exact) mass is 818 g/mol. The zero-order valence-corrected chi connectivity index (χ0v) is 35.6. The van der Waals surface area contributed by atoms with Gasteiger partial charge in [0.25, 0.3) is 0 Å². The van der Waals surface area contributed by atoms with Crippen LogP contribution in [-0.2, 0) is 0 Å². The molecule has 63 heavy (non-hydrogen) atoms. The lowest BCUT2D eigenvalue weighted by atomic mass is 9.99. The fourth-order valence-electron chi connectivity index (χ4n) is 10.4. The summed E-state index contributed by atoms with van der Waals surface area (Å²) in [5.41, 5.74) is 11.8. The Balaban J connectivity index is 1.10. The second-order valence-electron chi connectivity index (χ2n) is 16.5. The third-order valence-electron chi connectivity index (χ3n) is 13.0. The quantitative estimate of drug-likeness (QED) is 0.107. The van der Waals surface area contributed by atoms with Gasteiger partial charge in [0.05, 0.1) is 22.1 Å². The second-order valence-corrected chi connectivity index (χ2v) is 20.2. The number of aromatic nitrogens is 2. The molecule has 296 valence electrons. The number of para-hydroxylation sites is 2. The summed E-state index contributed by atoms with van der Waals surface area (Å²) in [6.45, 7) is 0. The molecule has 0 aliphatic heterocycles. The summed E-state index contributed by atoms with van der Waals surface area (Å²) >= 11 is 0. The van der Waals surface area contributed by atoms with Crippen LogP contribution in [0.1, 0.15) is 0 Å². The lowest BCUT2D eigenvalue weighted by Gasteiger charge is -2.35. The number of rotatable bonds is 8. The van der Waals surface area contributed by atoms with E-state index >= 15 is 0 Å². The highest BCUT2D eigenvalue weighted by molar-refractivity contribution is 7.20. The lowest BCUT2D eigenvalue weighted by Crippen LogP contribution is -2.74. The SMILES string of the molecule is c1ccc(-c2cccc(-c3cccc(-n4c5ccccc5c5ccc(-n6c7ccccc7c7c([Si](c8ccccc8)(c8ccccc8)c8ccccc8)cccc76)cc54)c3)c2)cc1. The van der Waals surface area contributed by atoms with E-state index in [1.165, 1.54) is 86.6 Å². The maximum atomic E-state index is 2.50. The first-order valence-electron chi connectivity index (χ1n) is 21.8. The van der Waals surface area contributed by atoms with Crippen LogP contribution in [0.4, 0.5) is 0 Å². The van der Waals surface area contributed by atoms with E-state index < -0.39 is 8.07 Å². The van der Waals surface area contributed by atoms with Crippen LogP contribution in [0.15, 0.2) is 255 Å². The molecule has 0 radical (unpaired) electrons. The Bertz CT molecular complexity index is 3510. The Morgan fingerprint density at radius 2 is 0.683 bits per heavy atom. The molecule has 0 N–H and O–H groups in total. The van der Waals surface area contributed by atoms with Gasteiger partial charge in [-0.1, -0.05) is 206 Å². The molecule has 0 aliphatic carbocycles. The van der Waals surface area contributed by atoms with Crippen molar-refractivity contribution in [1.82, 2.24) is 9.13 Å². The van der Waals surface area contributed by atoms with Gasteiger partial charge in [-0.05, 0) is 91.5 Å². The number of fused-ring (bicyclic) bond motifs is 6. The van der Waals surface area contributed by atoms with E-state index in [1.807, 2.05) is 0 Å². The number of hydrogen-bond acceptors (Lipinski definition) is 0.